The van der Waals surface area contributed by atoms with E-state index in [1.807, 2.05) is 18.2 Å². The molecular weight excluding hydrogens is 389 g/mol. The topological polar surface area (TPSA) is 80.3 Å². The maximum atomic E-state index is 12.8. The van der Waals surface area contributed by atoms with Gasteiger partial charge in [0.15, 0.2) is 5.13 Å². The monoisotopic (exact) mass is 405 g/mol. The zero-order valence-electron chi connectivity index (χ0n) is 14.3. The summed E-state index contributed by atoms with van der Waals surface area (Å²) in [5, 5.41) is 5.87. The van der Waals surface area contributed by atoms with E-state index in [1.54, 1.807) is 7.11 Å². The normalized spacial score (nSPS) is 10.6. The Balaban J connectivity index is 1.45. The molecule has 2 aromatic carbocycles. The Kier molecular flexibility index (Phi) is 6.25. The van der Waals surface area contributed by atoms with E-state index in [1.165, 1.54) is 47.4 Å². The van der Waals surface area contributed by atoms with E-state index in [-0.39, 0.29) is 29.1 Å². The highest BCUT2D eigenvalue weighted by Crippen LogP contribution is 2.29. The quantitative estimate of drug-likeness (QED) is 0.626. The van der Waals surface area contributed by atoms with Crippen LogP contribution in [0.5, 0.6) is 5.75 Å². The van der Waals surface area contributed by atoms with Crippen LogP contribution in [0.4, 0.5) is 15.2 Å². The van der Waals surface area contributed by atoms with Crippen LogP contribution in [0, 0.1) is 5.82 Å². The van der Waals surface area contributed by atoms with E-state index in [2.05, 4.69) is 15.6 Å². The third kappa shape index (κ3) is 5.41. The van der Waals surface area contributed by atoms with Gasteiger partial charge in [0.1, 0.15) is 11.6 Å². The second-order valence-electron chi connectivity index (χ2n) is 5.45. The lowest BCUT2D eigenvalue weighted by Gasteiger charge is -2.05. The minimum absolute atomic E-state index is 0.113. The van der Waals surface area contributed by atoms with Crippen molar-refractivity contribution in [2.45, 2.75) is 0 Å². The van der Waals surface area contributed by atoms with Gasteiger partial charge < -0.3 is 15.4 Å². The second kappa shape index (κ2) is 8.83. The Morgan fingerprint density at radius 1 is 1.11 bits per heavy atom. The van der Waals surface area contributed by atoms with Crippen LogP contribution in [0.25, 0.3) is 10.2 Å². The first-order valence-electron chi connectivity index (χ1n) is 7.91. The van der Waals surface area contributed by atoms with E-state index in [0.29, 0.717) is 10.8 Å². The summed E-state index contributed by atoms with van der Waals surface area (Å²) in [7, 11) is 1.59. The van der Waals surface area contributed by atoms with E-state index in [9.17, 15) is 14.0 Å². The third-order valence-corrected chi connectivity index (χ3v) is 5.30. The lowest BCUT2D eigenvalue weighted by molar-refractivity contribution is -0.114. The predicted octanol–water partition coefficient (Wildman–Crippen LogP) is 3.75. The average molecular weight is 405 g/mol. The van der Waals surface area contributed by atoms with Crippen LogP contribution in [0.2, 0.25) is 0 Å². The number of nitrogens with zero attached hydrogens (tertiary/aromatic N) is 1. The first kappa shape index (κ1) is 19.1. The fourth-order valence-electron chi connectivity index (χ4n) is 2.21. The van der Waals surface area contributed by atoms with Gasteiger partial charge in [-0.15, -0.1) is 11.8 Å². The molecule has 0 aliphatic heterocycles. The highest BCUT2D eigenvalue weighted by atomic mass is 32.2. The van der Waals surface area contributed by atoms with Crippen LogP contribution >= 0.6 is 23.1 Å². The van der Waals surface area contributed by atoms with Crippen LogP contribution in [-0.4, -0.2) is 35.4 Å². The number of anilines is 2. The number of fused-ring (bicyclic) bond motifs is 1. The number of thioether (sulfide) groups is 1. The molecule has 0 saturated heterocycles. The van der Waals surface area contributed by atoms with Gasteiger partial charge in [0.2, 0.25) is 11.8 Å². The molecule has 9 heteroatoms. The second-order valence-corrected chi connectivity index (χ2v) is 7.46. The molecule has 1 heterocycles. The molecule has 0 unspecified atom stereocenters. The summed E-state index contributed by atoms with van der Waals surface area (Å²) in [6.07, 6.45) is 0. The Morgan fingerprint density at radius 2 is 1.81 bits per heavy atom. The molecule has 6 nitrogen and oxygen atoms in total. The van der Waals surface area contributed by atoms with Gasteiger partial charge in [0.05, 0.1) is 28.8 Å². The standard InChI is InChI=1S/C18H16FN3O3S2/c1-25-13-6-7-14-15(8-13)27-18(21-14)22-17(24)10-26-9-16(23)20-12-4-2-11(19)3-5-12/h2-8H,9-10H2,1H3,(H,20,23)(H,21,22,24). The number of hydrogen-bond donors (Lipinski definition) is 2. The summed E-state index contributed by atoms with van der Waals surface area (Å²) in [4.78, 5) is 28.2. The fourth-order valence-corrected chi connectivity index (χ4v) is 3.74. The molecule has 140 valence electrons. The summed E-state index contributed by atoms with van der Waals surface area (Å²) in [6.45, 7) is 0. The van der Waals surface area contributed by atoms with E-state index >= 15 is 0 Å². The van der Waals surface area contributed by atoms with Gasteiger partial charge in [-0.2, -0.15) is 0 Å². The van der Waals surface area contributed by atoms with E-state index < -0.39 is 0 Å². The van der Waals surface area contributed by atoms with E-state index in [0.717, 1.165) is 16.0 Å². The van der Waals surface area contributed by atoms with Crippen molar-refractivity contribution in [3.05, 3.63) is 48.3 Å². The van der Waals surface area contributed by atoms with Crippen molar-refractivity contribution < 1.29 is 18.7 Å². The number of halogens is 1. The SMILES string of the molecule is COc1ccc2nc(NC(=O)CSCC(=O)Nc3ccc(F)cc3)sc2c1. The van der Waals surface area contributed by atoms with Crippen LogP contribution < -0.4 is 15.4 Å². The first-order valence-corrected chi connectivity index (χ1v) is 9.88. The fraction of sp³-hybridized carbons (Fsp3) is 0.167. The number of carbonyl (C=O) groups excluding carboxylic acids is 2. The molecule has 3 aromatic rings. The third-order valence-electron chi connectivity index (χ3n) is 3.44. The van der Waals surface area contributed by atoms with Crippen molar-refractivity contribution in [2.75, 3.05) is 29.2 Å². The smallest absolute Gasteiger partial charge is 0.236 e. The van der Waals surface area contributed by atoms with Gasteiger partial charge in [0, 0.05) is 5.69 Å². The van der Waals surface area contributed by atoms with Crippen molar-refractivity contribution in [1.82, 2.24) is 4.98 Å². The maximum Gasteiger partial charge on any atom is 0.236 e. The summed E-state index contributed by atoms with van der Waals surface area (Å²) < 4.78 is 18.9. The summed E-state index contributed by atoms with van der Waals surface area (Å²) in [5.74, 6) is 0.101. The molecule has 0 radical (unpaired) electrons. The summed E-state index contributed by atoms with van der Waals surface area (Å²) in [5.41, 5.74) is 1.29. The minimum Gasteiger partial charge on any atom is -0.497 e. The van der Waals surface area contributed by atoms with Crippen molar-refractivity contribution in [1.29, 1.82) is 0 Å². The van der Waals surface area contributed by atoms with Crippen molar-refractivity contribution >= 4 is 55.9 Å². The summed E-state index contributed by atoms with van der Waals surface area (Å²) >= 11 is 2.54. The molecule has 0 aliphatic carbocycles. The molecule has 3 rings (SSSR count). The minimum atomic E-state index is -0.368. The number of carbonyl (C=O) groups is 2. The number of benzene rings is 2. The molecule has 0 aliphatic rings. The lowest BCUT2D eigenvalue weighted by atomic mass is 10.3. The first-order chi connectivity index (χ1) is 13.0. The van der Waals surface area contributed by atoms with Crippen molar-refractivity contribution in [3.63, 3.8) is 0 Å². The highest BCUT2D eigenvalue weighted by Gasteiger charge is 2.10. The number of ether oxygens (including phenoxy) is 1. The molecule has 2 amide bonds. The molecule has 0 saturated carbocycles. The summed E-state index contributed by atoms with van der Waals surface area (Å²) in [6, 6.07) is 11.0. The van der Waals surface area contributed by atoms with Gasteiger partial charge in [0.25, 0.3) is 0 Å². The molecule has 0 spiro atoms. The van der Waals surface area contributed by atoms with Crippen LogP contribution in [0.1, 0.15) is 0 Å². The Bertz CT molecular complexity index is 960. The van der Waals surface area contributed by atoms with E-state index in [4.69, 9.17) is 4.74 Å². The largest absolute Gasteiger partial charge is 0.497 e. The van der Waals surface area contributed by atoms with Crippen molar-refractivity contribution in [3.8, 4) is 5.75 Å². The number of nitrogens with one attached hydrogen (secondary N) is 2. The molecule has 0 bridgehead atoms. The van der Waals surface area contributed by atoms with Crippen LogP contribution in [0.3, 0.4) is 0 Å². The number of thiazole rings is 1. The zero-order chi connectivity index (χ0) is 19.2. The van der Waals surface area contributed by atoms with Gasteiger partial charge in [-0.1, -0.05) is 11.3 Å². The molecule has 2 N–H and O–H groups in total. The maximum absolute atomic E-state index is 12.8. The Hall–Kier alpha value is -2.65. The van der Waals surface area contributed by atoms with Gasteiger partial charge in [-0.3, -0.25) is 9.59 Å². The average Bonchev–Trinajstić information content (AvgIpc) is 3.04. The number of amides is 2. The number of rotatable bonds is 7. The molecule has 27 heavy (non-hydrogen) atoms. The Labute approximate surface area is 163 Å². The van der Waals surface area contributed by atoms with Crippen molar-refractivity contribution in [2.24, 2.45) is 0 Å². The van der Waals surface area contributed by atoms with Crippen LogP contribution in [-0.2, 0) is 9.59 Å². The molecular formula is C18H16FN3O3S2. The molecule has 0 fully saturated rings. The van der Waals surface area contributed by atoms with Gasteiger partial charge in [-0.05, 0) is 42.5 Å². The van der Waals surface area contributed by atoms with Crippen LogP contribution in [0.15, 0.2) is 42.5 Å². The number of aromatic nitrogens is 1. The molecule has 0 atom stereocenters. The molecule has 1 aromatic heterocycles. The number of methoxy groups -OCH3 is 1. The van der Waals surface area contributed by atoms with Gasteiger partial charge in [-0.25, -0.2) is 9.37 Å². The Morgan fingerprint density at radius 3 is 2.52 bits per heavy atom. The number of hydrogen-bond acceptors (Lipinski definition) is 6. The highest BCUT2D eigenvalue weighted by molar-refractivity contribution is 8.00. The lowest BCUT2D eigenvalue weighted by Crippen LogP contribution is -2.18. The zero-order valence-corrected chi connectivity index (χ0v) is 16.0. The van der Waals surface area contributed by atoms with Gasteiger partial charge >= 0.3 is 0 Å². The predicted molar refractivity (Wildman–Crippen MR) is 107 cm³/mol.